The van der Waals surface area contributed by atoms with Gasteiger partial charge in [-0.25, -0.2) is 4.79 Å². The Morgan fingerprint density at radius 2 is 1.92 bits per heavy atom. The van der Waals surface area contributed by atoms with Crippen molar-refractivity contribution in [3.8, 4) is 0 Å². The van der Waals surface area contributed by atoms with Crippen LogP contribution in [0.15, 0.2) is 30.3 Å². The summed E-state index contributed by atoms with van der Waals surface area (Å²) >= 11 is 6.91. The number of hydrogen-bond donors (Lipinski definition) is 1. The van der Waals surface area contributed by atoms with Crippen LogP contribution in [0.2, 0.25) is 0 Å². The molecule has 4 saturated carbocycles. The van der Waals surface area contributed by atoms with E-state index in [-0.39, 0.29) is 16.4 Å². The van der Waals surface area contributed by atoms with Crippen LogP contribution in [0.5, 0.6) is 0 Å². The molecule has 4 aliphatic carbocycles. The molecule has 25 heavy (non-hydrogen) atoms. The molecule has 4 atom stereocenters. The summed E-state index contributed by atoms with van der Waals surface area (Å²) in [4.78, 5) is 11.2. The van der Waals surface area contributed by atoms with Crippen LogP contribution in [0.4, 0.5) is 0 Å². The Morgan fingerprint density at radius 1 is 1.24 bits per heavy atom. The number of hydrogen-bond acceptors (Lipinski definition) is 3. The summed E-state index contributed by atoms with van der Waals surface area (Å²) in [6.07, 6.45) is 10.7. The van der Waals surface area contributed by atoms with E-state index in [0.29, 0.717) is 0 Å². The molecule has 4 heteroatoms. The van der Waals surface area contributed by atoms with Crippen LogP contribution in [0.3, 0.4) is 0 Å². The fourth-order valence-electron chi connectivity index (χ4n) is 5.63. The third-order valence-electron chi connectivity index (χ3n) is 6.25. The molecule has 0 aliphatic heterocycles. The maximum Gasteiger partial charge on any atom is 0.330 e. The van der Waals surface area contributed by atoms with Crippen molar-refractivity contribution in [1.82, 2.24) is 5.32 Å². The molecule has 4 bridgehead atoms. The zero-order chi connectivity index (χ0) is 17.5. The first-order chi connectivity index (χ1) is 12.0. The van der Waals surface area contributed by atoms with Crippen molar-refractivity contribution in [2.24, 2.45) is 11.8 Å². The summed E-state index contributed by atoms with van der Waals surface area (Å²) in [7, 11) is 1.39. The summed E-state index contributed by atoms with van der Waals surface area (Å²) in [5.74, 6) is 1.30. The normalized spacial score (nSPS) is 36.1. The van der Waals surface area contributed by atoms with Gasteiger partial charge >= 0.3 is 5.97 Å². The van der Waals surface area contributed by atoms with Gasteiger partial charge in [-0.15, -0.1) is 11.6 Å². The lowest BCUT2D eigenvalue weighted by Crippen LogP contribution is -2.62. The molecule has 0 heterocycles. The van der Waals surface area contributed by atoms with E-state index in [0.717, 1.165) is 30.4 Å². The SMILES string of the molecule is COC(=O)/C=C/c1ccc(CNC23C[C@@H]4C[C@@H](CC(Cl)(C4)C2)C3)cc1. The Labute approximate surface area is 154 Å². The molecule has 0 saturated heterocycles. The van der Waals surface area contributed by atoms with E-state index in [9.17, 15) is 4.79 Å². The summed E-state index contributed by atoms with van der Waals surface area (Å²) in [6.45, 7) is 0.882. The quantitative estimate of drug-likeness (QED) is 0.484. The van der Waals surface area contributed by atoms with E-state index >= 15 is 0 Å². The van der Waals surface area contributed by atoms with Crippen molar-refractivity contribution in [3.05, 3.63) is 41.5 Å². The molecule has 5 rings (SSSR count). The number of esters is 1. The molecule has 1 aromatic rings. The third-order valence-corrected chi connectivity index (χ3v) is 6.69. The smallest absolute Gasteiger partial charge is 0.330 e. The minimum Gasteiger partial charge on any atom is -0.466 e. The average molecular weight is 360 g/mol. The van der Waals surface area contributed by atoms with Crippen molar-refractivity contribution < 1.29 is 9.53 Å². The number of nitrogens with one attached hydrogen (secondary N) is 1. The monoisotopic (exact) mass is 359 g/mol. The summed E-state index contributed by atoms with van der Waals surface area (Å²) in [5.41, 5.74) is 2.52. The minimum absolute atomic E-state index is 0.0552. The molecular formula is C21H26ClNO2. The maximum absolute atomic E-state index is 11.2. The van der Waals surface area contributed by atoms with Gasteiger partial charge in [-0.05, 0) is 67.6 Å². The van der Waals surface area contributed by atoms with E-state index in [2.05, 4.69) is 22.2 Å². The molecule has 134 valence electrons. The Hall–Kier alpha value is -1.32. The van der Waals surface area contributed by atoms with Crippen molar-refractivity contribution in [1.29, 1.82) is 0 Å². The van der Waals surface area contributed by atoms with Crippen LogP contribution in [-0.4, -0.2) is 23.5 Å². The van der Waals surface area contributed by atoms with Crippen LogP contribution in [-0.2, 0) is 16.1 Å². The fourth-order valence-corrected chi connectivity index (χ4v) is 6.32. The lowest BCUT2D eigenvalue weighted by atomic mass is 9.52. The second-order valence-electron chi connectivity index (χ2n) is 8.34. The molecule has 4 fully saturated rings. The van der Waals surface area contributed by atoms with E-state index in [4.69, 9.17) is 11.6 Å². The number of carbonyl (C=O) groups is 1. The number of benzene rings is 1. The molecule has 1 N–H and O–H groups in total. The molecule has 1 aromatic carbocycles. The Bertz CT molecular complexity index is 668. The first-order valence-corrected chi connectivity index (χ1v) is 9.64. The molecule has 0 aromatic heterocycles. The molecule has 0 radical (unpaired) electrons. The van der Waals surface area contributed by atoms with Crippen LogP contribution in [0.25, 0.3) is 6.08 Å². The van der Waals surface area contributed by atoms with Crippen molar-refractivity contribution >= 4 is 23.6 Å². The number of halogens is 1. The second-order valence-corrected chi connectivity index (χ2v) is 9.15. The van der Waals surface area contributed by atoms with Gasteiger partial charge in [-0.1, -0.05) is 24.3 Å². The van der Waals surface area contributed by atoms with E-state index < -0.39 is 0 Å². The van der Waals surface area contributed by atoms with Crippen molar-refractivity contribution in [2.45, 2.75) is 55.5 Å². The summed E-state index contributed by atoms with van der Waals surface area (Å²) in [6, 6.07) is 8.33. The standard InChI is InChI=1S/C21H26ClNO2/c1-25-19(24)7-6-15-2-4-16(5-3-15)13-23-21-11-17-8-18(12-21)10-20(22,9-17)14-21/h2-7,17-18,23H,8-14H2,1H3/b7-6+/t17-,18+,20?,21?. The van der Waals surface area contributed by atoms with Gasteiger partial charge in [0.1, 0.15) is 0 Å². The van der Waals surface area contributed by atoms with Crippen molar-refractivity contribution in [3.63, 3.8) is 0 Å². The van der Waals surface area contributed by atoms with Crippen LogP contribution >= 0.6 is 11.6 Å². The number of methoxy groups -OCH3 is 1. The van der Waals surface area contributed by atoms with Gasteiger partial charge in [0.05, 0.1) is 7.11 Å². The van der Waals surface area contributed by atoms with Gasteiger partial charge in [0, 0.05) is 23.0 Å². The van der Waals surface area contributed by atoms with Gasteiger partial charge < -0.3 is 10.1 Å². The molecule has 4 aliphatic rings. The molecule has 2 unspecified atom stereocenters. The Morgan fingerprint density at radius 3 is 2.52 bits per heavy atom. The minimum atomic E-state index is -0.331. The lowest BCUT2D eigenvalue weighted by molar-refractivity contribution is -0.134. The highest BCUT2D eigenvalue weighted by Crippen LogP contribution is 2.60. The zero-order valence-electron chi connectivity index (χ0n) is 14.8. The summed E-state index contributed by atoms with van der Waals surface area (Å²) in [5, 5.41) is 3.87. The molecule has 0 amide bonds. The second kappa shape index (κ2) is 6.44. The molecule has 3 nitrogen and oxygen atoms in total. The predicted molar refractivity (Wildman–Crippen MR) is 100 cm³/mol. The highest BCUT2D eigenvalue weighted by Gasteiger charge is 2.56. The van der Waals surface area contributed by atoms with Gasteiger partial charge in [-0.2, -0.15) is 0 Å². The number of ether oxygens (including phenoxy) is 1. The van der Waals surface area contributed by atoms with Gasteiger partial charge in [0.25, 0.3) is 0 Å². The summed E-state index contributed by atoms with van der Waals surface area (Å²) < 4.78 is 4.61. The Kier molecular flexibility index (Phi) is 4.41. The van der Waals surface area contributed by atoms with E-state index in [1.807, 2.05) is 12.1 Å². The first-order valence-electron chi connectivity index (χ1n) is 9.27. The van der Waals surface area contributed by atoms with Crippen LogP contribution in [0.1, 0.15) is 49.7 Å². The van der Waals surface area contributed by atoms with Gasteiger partial charge in [0.2, 0.25) is 0 Å². The van der Waals surface area contributed by atoms with E-state index in [1.165, 1.54) is 50.9 Å². The highest BCUT2D eigenvalue weighted by molar-refractivity contribution is 6.24. The average Bonchev–Trinajstić information content (AvgIpc) is 2.56. The third kappa shape index (κ3) is 3.63. The topological polar surface area (TPSA) is 38.3 Å². The van der Waals surface area contributed by atoms with Gasteiger partial charge in [-0.3, -0.25) is 0 Å². The predicted octanol–water partition coefficient (Wildman–Crippen LogP) is 4.29. The van der Waals surface area contributed by atoms with Crippen LogP contribution < -0.4 is 5.32 Å². The molecular weight excluding hydrogens is 334 g/mol. The van der Waals surface area contributed by atoms with Gasteiger partial charge in [0.15, 0.2) is 0 Å². The number of alkyl halides is 1. The van der Waals surface area contributed by atoms with Crippen molar-refractivity contribution in [2.75, 3.05) is 7.11 Å². The maximum atomic E-state index is 11.2. The zero-order valence-corrected chi connectivity index (χ0v) is 15.5. The molecule has 0 spiro atoms. The number of rotatable bonds is 5. The number of carbonyl (C=O) groups excluding carboxylic acids is 1. The van der Waals surface area contributed by atoms with Crippen LogP contribution in [0, 0.1) is 11.8 Å². The van der Waals surface area contributed by atoms with E-state index in [1.54, 1.807) is 6.08 Å². The Balaban J connectivity index is 1.39. The highest BCUT2D eigenvalue weighted by atomic mass is 35.5. The first kappa shape index (κ1) is 17.1. The fraction of sp³-hybridized carbons (Fsp3) is 0.571. The lowest BCUT2D eigenvalue weighted by Gasteiger charge is -2.60. The largest absolute Gasteiger partial charge is 0.466 e.